The minimum absolute atomic E-state index is 0.586. The van der Waals surface area contributed by atoms with Gasteiger partial charge in [0.1, 0.15) is 11.7 Å². The van der Waals surface area contributed by atoms with Crippen LogP contribution in [0.2, 0.25) is 0 Å². The lowest BCUT2D eigenvalue weighted by Crippen LogP contribution is -2.25. The van der Waals surface area contributed by atoms with Gasteiger partial charge in [0.2, 0.25) is 0 Å². The van der Waals surface area contributed by atoms with E-state index in [1.54, 1.807) is 0 Å². The molecule has 0 atom stereocenters. The Kier molecular flexibility index (Phi) is 4.11. The van der Waals surface area contributed by atoms with Crippen molar-refractivity contribution < 1.29 is 9.84 Å². The Hall–Kier alpha value is -0.680. The van der Waals surface area contributed by atoms with Gasteiger partial charge >= 0.3 is 0 Å². The lowest BCUT2D eigenvalue weighted by Gasteiger charge is -2.18. The zero-order valence-corrected chi connectivity index (χ0v) is 8.31. The molecule has 0 unspecified atom stereocenters. The average molecular weight is 182 g/mol. The van der Waals surface area contributed by atoms with Crippen molar-refractivity contribution in [1.29, 1.82) is 0 Å². The molecule has 0 aromatic rings. The topological polar surface area (TPSA) is 29.5 Å². The lowest BCUT2D eigenvalue weighted by molar-refractivity contribution is 0.0835. The van der Waals surface area contributed by atoms with Crippen LogP contribution >= 0.6 is 0 Å². The highest BCUT2D eigenvalue weighted by atomic mass is 16.5. The maximum Gasteiger partial charge on any atom is 0.128 e. The monoisotopic (exact) mass is 182 g/mol. The molecule has 1 N–H and O–H groups in total. The second-order valence-electron chi connectivity index (χ2n) is 3.61. The fourth-order valence-corrected chi connectivity index (χ4v) is 1.64. The molecular weight excluding hydrogens is 164 g/mol. The minimum atomic E-state index is -0.772. The summed E-state index contributed by atoms with van der Waals surface area (Å²) < 4.78 is 4.92. The normalized spacial score (nSPS) is 21.1. The fourth-order valence-electron chi connectivity index (χ4n) is 1.64. The Labute approximate surface area is 80.3 Å². The van der Waals surface area contributed by atoms with Crippen molar-refractivity contribution in [1.82, 2.24) is 0 Å². The summed E-state index contributed by atoms with van der Waals surface area (Å²) in [6.07, 6.45) is 8.77. The third-order valence-corrected chi connectivity index (χ3v) is 2.43. The van der Waals surface area contributed by atoms with Gasteiger partial charge in [-0.05, 0) is 38.5 Å². The Bertz CT molecular complexity index is 192. The Morgan fingerprint density at radius 2 is 1.85 bits per heavy atom. The number of rotatable bonds is 1. The van der Waals surface area contributed by atoms with Gasteiger partial charge in [0.05, 0.1) is 6.61 Å². The van der Waals surface area contributed by atoms with Gasteiger partial charge in [-0.25, -0.2) is 0 Å². The van der Waals surface area contributed by atoms with Crippen molar-refractivity contribution >= 4 is 0 Å². The average Bonchev–Trinajstić information content (AvgIpc) is 2.31. The Morgan fingerprint density at radius 3 is 2.38 bits per heavy atom. The Balaban J connectivity index is 2.47. The van der Waals surface area contributed by atoms with Gasteiger partial charge in [0, 0.05) is 0 Å². The molecular formula is C11H18O2. The van der Waals surface area contributed by atoms with E-state index in [0.717, 1.165) is 25.7 Å². The van der Waals surface area contributed by atoms with Crippen LogP contribution in [0.5, 0.6) is 0 Å². The van der Waals surface area contributed by atoms with E-state index in [0.29, 0.717) is 6.61 Å². The van der Waals surface area contributed by atoms with Gasteiger partial charge in [-0.3, -0.25) is 0 Å². The molecule has 0 aromatic heterocycles. The van der Waals surface area contributed by atoms with Crippen molar-refractivity contribution in [2.45, 2.75) is 51.0 Å². The number of aliphatic hydroxyl groups is 1. The molecule has 0 bridgehead atoms. The van der Waals surface area contributed by atoms with Crippen LogP contribution in [0, 0.1) is 12.0 Å². The summed E-state index contributed by atoms with van der Waals surface area (Å²) in [7, 11) is 0. The van der Waals surface area contributed by atoms with Crippen LogP contribution in [0.1, 0.15) is 45.4 Å². The van der Waals surface area contributed by atoms with Gasteiger partial charge in [-0.15, -0.1) is 0 Å². The number of hydrogen-bond acceptors (Lipinski definition) is 2. The van der Waals surface area contributed by atoms with E-state index in [2.05, 4.69) is 12.0 Å². The van der Waals surface area contributed by atoms with Crippen LogP contribution in [0.4, 0.5) is 0 Å². The number of ether oxygens (including phenoxy) is 1. The van der Waals surface area contributed by atoms with E-state index in [9.17, 15) is 5.11 Å². The highest BCUT2D eigenvalue weighted by molar-refractivity contribution is 5.10. The van der Waals surface area contributed by atoms with Crippen molar-refractivity contribution in [3.8, 4) is 12.0 Å². The van der Waals surface area contributed by atoms with E-state index in [1.165, 1.54) is 12.8 Å². The maximum absolute atomic E-state index is 10.0. The van der Waals surface area contributed by atoms with Crippen LogP contribution in [0.15, 0.2) is 0 Å². The Morgan fingerprint density at radius 1 is 1.23 bits per heavy atom. The summed E-state index contributed by atoms with van der Waals surface area (Å²) in [5, 5.41) is 10.0. The van der Waals surface area contributed by atoms with Gasteiger partial charge in [-0.1, -0.05) is 12.8 Å². The molecule has 0 amide bonds. The largest absolute Gasteiger partial charge is 0.447 e. The van der Waals surface area contributed by atoms with Gasteiger partial charge in [0.25, 0.3) is 0 Å². The highest BCUT2D eigenvalue weighted by Crippen LogP contribution is 2.26. The van der Waals surface area contributed by atoms with Crippen molar-refractivity contribution in [3.63, 3.8) is 0 Å². The van der Waals surface area contributed by atoms with E-state index in [1.807, 2.05) is 6.92 Å². The van der Waals surface area contributed by atoms with E-state index < -0.39 is 5.60 Å². The predicted octanol–water partition coefficient (Wildman–Crippen LogP) is 2.07. The summed E-state index contributed by atoms with van der Waals surface area (Å²) in [5.41, 5.74) is -0.772. The third-order valence-electron chi connectivity index (χ3n) is 2.43. The van der Waals surface area contributed by atoms with Crippen LogP contribution < -0.4 is 0 Å². The molecule has 13 heavy (non-hydrogen) atoms. The summed E-state index contributed by atoms with van der Waals surface area (Å²) in [6.45, 7) is 2.48. The van der Waals surface area contributed by atoms with Crippen molar-refractivity contribution in [2.24, 2.45) is 0 Å². The zero-order valence-electron chi connectivity index (χ0n) is 8.31. The van der Waals surface area contributed by atoms with E-state index >= 15 is 0 Å². The minimum Gasteiger partial charge on any atom is -0.447 e. The molecule has 0 saturated heterocycles. The third kappa shape index (κ3) is 3.69. The van der Waals surface area contributed by atoms with Crippen molar-refractivity contribution in [3.05, 3.63) is 0 Å². The van der Waals surface area contributed by atoms with Crippen LogP contribution in [0.25, 0.3) is 0 Å². The second-order valence-corrected chi connectivity index (χ2v) is 3.61. The summed E-state index contributed by atoms with van der Waals surface area (Å²) in [5.74, 6) is 2.82. The van der Waals surface area contributed by atoms with Crippen LogP contribution in [-0.4, -0.2) is 17.3 Å². The summed E-state index contributed by atoms with van der Waals surface area (Å²) in [4.78, 5) is 0. The van der Waals surface area contributed by atoms with Crippen LogP contribution in [0.3, 0.4) is 0 Å². The fraction of sp³-hybridized carbons (Fsp3) is 0.818. The first kappa shape index (κ1) is 10.4. The molecule has 2 heteroatoms. The smallest absolute Gasteiger partial charge is 0.128 e. The molecule has 1 aliphatic carbocycles. The molecule has 0 spiro atoms. The molecule has 2 nitrogen and oxygen atoms in total. The summed E-state index contributed by atoms with van der Waals surface area (Å²) in [6, 6.07) is 0. The first-order valence-electron chi connectivity index (χ1n) is 5.13. The molecule has 0 radical (unpaired) electrons. The highest BCUT2D eigenvalue weighted by Gasteiger charge is 2.25. The summed E-state index contributed by atoms with van der Waals surface area (Å²) >= 11 is 0. The predicted molar refractivity (Wildman–Crippen MR) is 52.1 cm³/mol. The molecule has 1 fully saturated rings. The van der Waals surface area contributed by atoms with E-state index in [-0.39, 0.29) is 0 Å². The first-order valence-corrected chi connectivity index (χ1v) is 5.13. The standard InChI is InChI=1S/C11H18O2/c1-2-13-10-9-11(12)7-5-3-4-6-8-11/h12H,2-8H2,1H3. The first-order chi connectivity index (χ1) is 6.27. The van der Waals surface area contributed by atoms with Crippen LogP contribution in [-0.2, 0) is 4.74 Å². The zero-order chi connectivity index (χ0) is 9.57. The molecule has 1 aliphatic rings. The molecule has 0 aromatic carbocycles. The van der Waals surface area contributed by atoms with Crippen molar-refractivity contribution in [2.75, 3.05) is 6.61 Å². The van der Waals surface area contributed by atoms with Gasteiger partial charge in [0.15, 0.2) is 0 Å². The lowest BCUT2D eigenvalue weighted by atomic mass is 9.96. The SMILES string of the molecule is CCOC#CC1(O)CCCCCC1. The molecule has 0 aliphatic heterocycles. The molecule has 0 heterocycles. The molecule has 74 valence electrons. The van der Waals surface area contributed by atoms with E-state index in [4.69, 9.17) is 4.74 Å². The quantitative estimate of drug-likeness (QED) is 0.497. The maximum atomic E-state index is 10.0. The number of hydrogen-bond donors (Lipinski definition) is 1. The molecule has 1 saturated carbocycles. The van der Waals surface area contributed by atoms with Gasteiger partial charge < -0.3 is 9.84 Å². The second kappa shape index (κ2) is 5.14. The molecule has 1 rings (SSSR count). The van der Waals surface area contributed by atoms with Gasteiger partial charge in [-0.2, -0.15) is 0 Å².